The van der Waals surface area contributed by atoms with Crippen LogP contribution >= 0.6 is 0 Å². The Labute approximate surface area is 148 Å². The lowest BCUT2D eigenvalue weighted by Gasteiger charge is -2.08. The smallest absolute Gasteiger partial charge is 0.333 e. The first-order valence-electron chi connectivity index (χ1n) is 7.42. The molecule has 0 rings (SSSR count). The van der Waals surface area contributed by atoms with Gasteiger partial charge in [-0.25, -0.2) is 11.1 Å². The van der Waals surface area contributed by atoms with Crippen LogP contribution < -0.4 is 0 Å². The van der Waals surface area contributed by atoms with Crippen molar-refractivity contribution >= 4 is 31.9 Å². The van der Waals surface area contributed by atoms with Gasteiger partial charge in [0.2, 0.25) is 0 Å². The maximum Gasteiger partial charge on any atom is 0.333 e. The summed E-state index contributed by atoms with van der Waals surface area (Å²) in [6.45, 7) is 3.37. The molecule has 0 heterocycles. The van der Waals surface area contributed by atoms with Crippen LogP contribution in [0.4, 0.5) is 0 Å². The number of carbonyl (C=O) groups is 2. The average molecular weight is 399 g/mol. The van der Waals surface area contributed by atoms with Crippen molar-refractivity contribution in [1.82, 2.24) is 0 Å². The van der Waals surface area contributed by atoms with Crippen LogP contribution in [0.25, 0.3) is 0 Å². The predicted octanol–water partition coefficient (Wildman–Crippen LogP) is 0.674. The lowest BCUT2D eigenvalue weighted by atomic mass is 10.2. The van der Waals surface area contributed by atoms with Gasteiger partial charge >= 0.3 is 11.9 Å². The number of rotatable bonds is 13. The van der Waals surface area contributed by atoms with Crippen LogP contribution in [0.1, 0.15) is 32.1 Å². The zero-order chi connectivity index (χ0) is 19.5. The highest BCUT2D eigenvalue weighted by molar-refractivity contribution is 7.92. The van der Waals surface area contributed by atoms with E-state index >= 15 is 0 Å². The second-order valence-corrected chi connectivity index (χ2v) is 8.75. The molecule has 0 aromatic carbocycles. The average Bonchev–Trinajstić information content (AvgIpc) is 2.43. The van der Waals surface area contributed by atoms with Crippen LogP contribution in [0, 0.1) is 6.26 Å². The molecule has 0 aromatic rings. The zero-order valence-corrected chi connectivity index (χ0v) is 15.4. The molecular formula is C14H23O9S2-. The van der Waals surface area contributed by atoms with Gasteiger partial charge in [-0.05, 0) is 25.7 Å². The van der Waals surface area contributed by atoms with Gasteiger partial charge in [0.1, 0.15) is 0 Å². The highest BCUT2D eigenvalue weighted by atomic mass is 32.2. The van der Waals surface area contributed by atoms with Crippen LogP contribution in [0.5, 0.6) is 0 Å². The van der Waals surface area contributed by atoms with Gasteiger partial charge in [0, 0.05) is 21.2 Å². The molecule has 0 radical (unpaired) electrons. The van der Waals surface area contributed by atoms with Crippen molar-refractivity contribution in [2.75, 3.05) is 24.7 Å². The van der Waals surface area contributed by atoms with Crippen LogP contribution in [0.2, 0.25) is 0 Å². The summed E-state index contributed by atoms with van der Waals surface area (Å²) in [5.74, 6) is -2.01. The standard InChI is InChI=1S/C14H23O9S2/c1-12(14(16)23-8-3-5-9-24(2,17)18)11-13(15)22-7-4-6-10-25(19,20)21/h1-11H2,(H,19,20,21)/q-1. The van der Waals surface area contributed by atoms with E-state index in [4.69, 9.17) is 14.0 Å². The van der Waals surface area contributed by atoms with Gasteiger partial charge in [-0.2, -0.15) is 8.42 Å². The van der Waals surface area contributed by atoms with Crippen molar-refractivity contribution in [2.45, 2.75) is 32.1 Å². The first-order chi connectivity index (χ1) is 11.4. The molecule has 0 saturated carbocycles. The molecule has 0 saturated heterocycles. The number of ether oxygens (including phenoxy) is 2. The van der Waals surface area contributed by atoms with Gasteiger partial charge in [0.25, 0.3) is 10.1 Å². The van der Waals surface area contributed by atoms with Crippen molar-refractivity contribution in [3.8, 4) is 0 Å². The molecule has 25 heavy (non-hydrogen) atoms. The number of hydrogen-bond acceptors (Lipinski definition) is 8. The predicted molar refractivity (Wildman–Crippen MR) is 89.7 cm³/mol. The Bertz CT molecular complexity index is 662. The molecular weight excluding hydrogens is 376 g/mol. The molecule has 0 atom stereocenters. The van der Waals surface area contributed by atoms with E-state index in [9.17, 15) is 26.4 Å². The second kappa shape index (κ2) is 11.2. The molecule has 0 fully saturated rings. The fourth-order valence-corrected chi connectivity index (χ4v) is 2.77. The number of unbranched alkanes of at least 4 members (excludes halogenated alkanes) is 2. The minimum absolute atomic E-state index is 0.00193. The Morgan fingerprint density at radius 1 is 0.920 bits per heavy atom. The van der Waals surface area contributed by atoms with Gasteiger partial charge in [-0.1, -0.05) is 6.58 Å². The van der Waals surface area contributed by atoms with Crippen LogP contribution in [0.15, 0.2) is 12.2 Å². The first kappa shape index (κ1) is 23.5. The Morgan fingerprint density at radius 2 is 1.44 bits per heavy atom. The number of sulfone groups is 1. The van der Waals surface area contributed by atoms with Crippen molar-refractivity contribution in [2.24, 2.45) is 0 Å². The first-order valence-corrected chi connectivity index (χ1v) is 10.9. The number of esters is 2. The van der Waals surface area contributed by atoms with Gasteiger partial charge < -0.3 is 9.47 Å². The molecule has 0 bridgehead atoms. The summed E-state index contributed by atoms with van der Waals surface area (Å²) in [5, 5.41) is 0. The molecule has 146 valence electrons. The minimum atomic E-state index is -4.03. The molecule has 0 spiro atoms. The van der Waals surface area contributed by atoms with Crippen LogP contribution in [0.3, 0.4) is 0 Å². The SMILES string of the molecule is C=C(CC(=O)OCCCCS(=O)(=O)O)C(=O)OCCCCS([CH2-])(=O)=O. The van der Waals surface area contributed by atoms with Gasteiger partial charge in [-0.15, -0.1) is 0 Å². The third-order valence-electron chi connectivity index (χ3n) is 2.79. The molecule has 0 aliphatic carbocycles. The van der Waals surface area contributed by atoms with Crippen LogP contribution in [-0.4, -0.2) is 58.0 Å². The van der Waals surface area contributed by atoms with E-state index in [-0.39, 0.29) is 43.8 Å². The molecule has 0 amide bonds. The fourth-order valence-electron chi connectivity index (χ4n) is 1.56. The molecule has 11 heteroatoms. The van der Waals surface area contributed by atoms with E-state index < -0.39 is 37.6 Å². The highest BCUT2D eigenvalue weighted by Crippen LogP contribution is 2.05. The largest absolute Gasteiger partial charge is 0.465 e. The lowest BCUT2D eigenvalue weighted by Crippen LogP contribution is -2.14. The van der Waals surface area contributed by atoms with E-state index in [1.54, 1.807) is 0 Å². The highest BCUT2D eigenvalue weighted by Gasteiger charge is 2.14. The van der Waals surface area contributed by atoms with Crippen molar-refractivity contribution in [1.29, 1.82) is 0 Å². The molecule has 0 unspecified atom stereocenters. The number of carbonyl (C=O) groups excluding carboxylic acids is 2. The van der Waals surface area contributed by atoms with E-state index in [2.05, 4.69) is 12.8 Å². The summed E-state index contributed by atoms with van der Waals surface area (Å²) in [6, 6.07) is 0. The van der Waals surface area contributed by atoms with Gasteiger partial charge in [0.05, 0.1) is 25.4 Å². The third kappa shape index (κ3) is 15.8. The third-order valence-corrected chi connectivity index (χ3v) is 4.50. The van der Waals surface area contributed by atoms with Crippen molar-refractivity contribution in [3.63, 3.8) is 0 Å². The Hall–Kier alpha value is -1.46. The topological polar surface area (TPSA) is 141 Å². The van der Waals surface area contributed by atoms with Gasteiger partial charge in [-0.3, -0.25) is 17.8 Å². The summed E-state index contributed by atoms with van der Waals surface area (Å²) in [6.07, 6.45) is 3.62. The van der Waals surface area contributed by atoms with E-state index in [0.717, 1.165) is 0 Å². The molecule has 0 aromatic heterocycles. The molecule has 0 aliphatic heterocycles. The lowest BCUT2D eigenvalue weighted by molar-refractivity contribution is -0.146. The maximum atomic E-state index is 11.6. The molecule has 1 N–H and O–H groups in total. The van der Waals surface area contributed by atoms with E-state index in [1.807, 2.05) is 0 Å². The van der Waals surface area contributed by atoms with E-state index in [0.29, 0.717) is 12.8 Å². The summed E-state index contributed by atoms with van der Waals surface area (Å²) in [5.41, 5.74) is -0.104. The monoisotopic (exact) mass is 399 g/mol. The molecule has 0 aliphatic rings. The normalized spacial score (nSPS) is 11.8. The number of hydrogen-bond donors (Lipinski definition) is 1. The summed E-state index contributed by atoms with van der Waals surface area (Å²) < 4.78 is 60.7. The molecule has 9 nitrogen and oxygen atoms in total. The summed E-state index contributed by atoms with van der Waals surface area (Å²) >= 11 is 0. The Balaban J connectivity index is 3.84. The quantitative estimate of drug-likeness (QED) is 0.155. The Morgan fingerprint density at radius 3 is 1.96 bits per heavy atom. The van der Waals surface area contributed by atoms with Crippen LogP contribution in [-0.2, 0) is 39.0 Å². The maximum absolute atomic E-state index is 11.6. The van der Waals surface area contributed by atoms with Crippen molar-refractivity contribution in [3.05, 3.63) is 18.4 Å². The zero-order valence-electron chi connectivity index (χ0n) is 13.8. The van der Waals surface area contributed by atoms with Crippen molar-refractivity contribution < 1.29 is 40.5 Å². The Kier molecular flexibility index (Phi) is 10.6. The summed E-state index contributed by atoms with van der Waals surface area (Å²) in [4.78, 5) is 23.0. The minimum Gasteiger partial charge on any atom is -0.465 e. The summed E-state index contributed by atoms with van der Waals surface area (Å²) in [7, 11) is -7.32. The van der Waals surface area contributed by atoms with Gasteiger partial charge in [0.15, 0.2) is 0 Å². The van der Waals surface area contributed by atoms with E-state index in [1.165, 1.54) is 0 Å². The fraction of sp³-hybridized carbons (Fsp3) is 0.643. The second-order valence-electron chi connectivity index (χ2n) is 5.28.